The number of hydrogen-bond donors (Lipinski definition) is 2. The number of halogens is 1. The van der Waals surface area contributed by atoms with Crippen molar-refractivity contribution in [1.82, 2.24) is 9.13 Å². The molecule has 0 bridgehead atoms. The van der Waals surface area contributed by atoms with Crippen LogP contribution >= 0.6 is 0 Å². The lowest BCUT2D eigenvalue weighted by molar-refractivity contribution is -0.116. The molecule has 0 aliphatic heterocycles. The van der Waals surface area contributed by atoms with Gasteiger partial charge in [0, 0.05) is 19.4 Å². The summed E-state index contributed by atoms with van der Waals surface area (Å²) >= 11 is 0. The number of nitrogens with two attached hydrogens (primary N) is 1. The summed E-state index contributed by atoms with van der Waals surface area (Å²) in [7, 11) is 1.58. The summed E-state index contributed by atoms with van der Waals surface area (Å²) in [5.41, 5.74) is 5.76. The molecule has 1 aromatic carbocycles. The van der Waals surface area contributed by atoms with Gasteiger partial charge in [0.2, 0.25) is 5.91 Å². The Balaban J connectivity index is 2.12. The van der Waals surface area contributed by atoms with E-state index in [1.54, 1.807) is 13.2 Å². The molecule has 19 heavy (non-hydrogen) atoms. The summed E-state index contributed by atoms with van der Waals surface area (Å²) in [6.07, 6.45) is 3.04. The Bertz CT molecular complexity index is 675. The molecule has 1 aromatic heterocycles. The van der Waals surface area contributed by atoms with E-state index in [1.807, 2.05) is 0 Å². The Hall–Kier alpha value is -2.57. The van der Waals surface area contributed by atoms with Crippen molar-refractivity contribution < 1.29 is 9.18 Å². The predicted molar refractivity (Wildman–Crippen MR) is 69.1 cm³/mol. The van der Waals surface area contributed by atoms with Gasteiger partial charge in [-0.05, 0) is 18.2 Å². The second kappa shape index (κ2) is 4.97. The Kier molecular flexibility index (Phi) is 3.37. The number of carbonyl (C=O) groups excluding carboxylic acids is 1. The van der Waals surface area contributed by atoms with E-state index in [0.29, 0.717) is 0 Å². The van der Waals surface area contributed by atoms with Gasteiger partial charge >= 0.3 is 5.69 Å². The molecule has 0 radical (unpaired) electrons. The third-order valence-electron chi connectivity index (χ3n) is 2.62. The molecule has 100 valence electrons. The Morgan fingerprint density at radius 1 is 1.42 bits per heavy atom. The number of imidazole rings is 1. The van der Waals surface area contributed by atoms with Crippen LogP contribution in [0.1, 0.15) is 0 Å². The maximum atomic E-state index is 13.0. The molecule has 0 aliphatic rings. The maximum absolute atomic E-state index is 13.0. The quantitative estimate of drug-likeness (QED) is 0.794. The summed E-state index contributed by atoms with van der Waals surface area (Å²) in [4.78, 5) is 23.3. The number of nitrogens with zero attached hydrogens (tertiary/aromatic N) is 2. The number of nitrogens with one attached hydrogen (secondary N) is 1. The Morgan fingerprint density at radius 2 is 2.16 bits per heavy atom. The van der Waals surface area contributed by atoms with E-state index in [-0.39, 0.29) is 23.6 Å². The largest absolute Gasteiger partial charge is 0.397 e. The van der Waals surface area contributed by atoms with Crippen LogP contribution in [0.3, 0.4) is 0 Å². The molecule has 0 atom stereocenters. The molecular formula is C12H13FN4O2. The van der Waals surface area contributed by atoms with Crippen molar-refractivity contribution in [2.75, 3.05) is 11.1 Å². The zero-order valence-corrected chi connectivity index (χ0v) is 10.3. The van der Waals surface area contributed by atoms with Crippen LogP contribution < -0.4 is 16.7 Å². The standard InChI is InChI=1S/C12H13FN4O2/c1-16-4-5-17(12(16)19)7-11(18)15-10-6-8(13)2-3-9(10)14/h2-6H,7,14H2,1H3,(H,15,18). The van der Waals surface area contributed by atoms with E-state index in [2.05, 4.69) is 5.32 Å². The second-order valence-electron chi connectivity index (χ2n) is 4.10. The molecular weight excluding hydrogens is 251 g/mol. The first-order valence-corrected chi connectivity index (χ1v) is 5.54. The van der Waals surface area contributed by atoms with Crippen LogP contribution in [0.25, 0.3) is 0 Å². The highest BCUT2D eigenvalue weighted by molar-refractivity contribution is 5.93. The first kappa shape index (κ1) is 12.9. The monoisotopic (exact) mass is 264 g/mol. The summed E-state index contributed by atoms with van der Waals surface area (Å²) in [5, 5.41) is 2.46. The van der Waals surface area contributed by atoms with Gasteiger partial charge in [0.15, 0.2) is 0 Å². The molecule has 0 spiro atoms. The zero-order chi connectivity index (χ0) is 14.0. The SMILES string of the molecule is Cn1ccn(CC(=O)Nc2cc(F)ccc2N)c1=O. The number of hydrogen-bond acceptors (Lipinski definition) is 3. The van der Waals surface area contributed by atoms with Crippen molar-refractivity contribution in [3.63, 3.8) is 0 Å². The average Bonchev–Trinajstić information content (AvgIpc) is 2.66. The van der Waals surface area contributed by atoms with E-state index >= 15 is 0 Å². The summed E-state index contributed by atoms with van der Waals surface area (Å²) < 4.78 is 15.6. The van der Waals surface area contributed by atoms with Crippen molar-refractivity contribution in [2.45, 2.75) is 6.54 Å². The van der Waals surface area contributed by atoms with E-state index in [9.17, 15) is 14.0 Å². The molecule has 0 aliphatic carbocycles. The highest BCUT2D eigenvalue weighted by Crippen LogP contribution is 2.18. The smallest absolute Gasteiger partial charge is 0.328 e. The van der Waals surface area contributed by atoms with E-state index < -0.39 is 11.7 Å². The topological polar surface area (TPSA) is 82.1 Å². The van der Waals surface area contributed by atoms with Gasteiger partial charge in [0.25, 0.3) is 0 Å². The number of rotatable bonds is 3. The van der Waals surface area contributed by atoms with Gasteiger partial charge in [-0.25, -0.2) is 9.18 Å². The fourth-order valence-corrected chi connectivity index (χ4v) is 1.61. The maximum Gasteiger partial charge on any atom is 0.328 e. The Labute approximate surface area is 108 Å². The first-order chi connectivity index (χ1) is 8.97. The van der Waals surface area contributed by atoms with Gasteiger partial charge < -0.3 is 15.6 Å². The molecule has 0 saturated heterocycles. The van der Waals surface area contributed by atoms with Gasteiger partial charge in [0.1, 0.15) is 12.4 Å². The first-order valence-electron chi connectivity index (χ1n) is 5.54. The third kappa shape index (κ3) is 2.82. The van der Waals surface area contributed by atoms with Crippen LogP contribution in [0.15, 0.2) is 35.4 Å². The molecule has 0 fully saturated rings. The molecule has 0 saturated carbocycles. The number of amides is 1. The molecule has 6 nitrogen and oxygen atoms in total. The van der Waals surface area contributed by atoms with Crippen LogP contribution in [0.5, 0.6) is 0 Å². The van der Waals surface area contributed by atoms with E-state index in [4.69, 9.17) is 5.73 Å². The van der Waals surface area contributed by atoms with Gasteiger partial charge in [-0.1, -0.05) is 0 Å². The highest BCUT2D eigenvalue weighted by atomic mass is 19.1. The molecule has 0 unspecified atom stereocenters. The molecule has 1 amide bonds. The van der Waals surface area contributed by atoms with Crippen LogP contribution in [-0.2, 0) is 18.4 Å². The number of aryl methyl sites for hydroxylation is 1. The lowest BCUT2D eigenvalue weighted by Crippen LogP contribution is -2.28. The van der Waals surface area contributed by atoms with Crippen LogP contribution in [-0.4, -0.2) is 15.0 Å². The van der Waals surface area contributed by atoms with Crippen molar-refractivity contribution in [3.8, 4) is 0 Å². The van der Waals surface area contributed by atoms with Gasteiger partial charge in [-0.2, -0.15) is 0 Å². The average molecular weight is 264 g/mol. The number of nitrogen functional groups attached to an aromatic ring is 1. The van der Waals surface area contributed by atoms with Crippen molar-refractivity contribution in [3.05, 3.63) is 46.9 Å². The fraction of sp³-hybridized carbons (Fsp3) is 0.167. The summed E-state index contributed by atoms with van der Waals surface area (Å²) in [5.74, 6) is -0.952. The second-order valence-corrected chi connectivity index (χ2v) is 4.10. The summed E-state index contributed by atoms with van der Waals surface area (Å²) in [6.45, 7) is -0.157. The molecule has 2 rings (SSSR count). The van der Waals surface area contributed by atoms with E-state index in [0.717, 1.165) is 6.07 Å². The lowest BCUT2D eigenvalue weighted by atomic mass is 10.2. The van der Waals surface area contributed by atoms with Crippen LogP contribution in [0.2, 0.25) is 0 Å². The van der Waals surface area contributed by atoms with Crippen molar-refractivity contribution in [2.24, 2.45) is 7.05 Å². The minimum atomic E-state index is -0.499. The minimum Gasteiger partial charge on any atom is -0.397 e. The van der Waals surface area contributed by atoms with Gasteiger partial charge in [0.05, 0.1) is 11.4 Å². The van der Waals surface area contributed by atoms with Crippen molar-refractivity contribution in [1.29, 1.82) is 0 Å². The number of aromatic nitrogens is 2. The molecule has 3 N–H and O–H groups in total. The Morgan fingerprint density at radius 3 is 2.79 bits per heavy atom. The molecule has 1 heterocycles. The number of carbonyl (C=O) groups is 1. The van der Waals surface area contributed by atoms with Crippen LogP contribution in [0.4, 0.5) is 15.8 Å². The summed E-state index contributed by atoms with van der Waals surface area (Å²) in [6, 6.07) is 3.69. The normalized spacial score (nSPS) is 10.4. The fourth-order valence-electron chi connectivity index (χ4n) is 1.61. The van der Waals surface area contributed by atoms with Crippen molar-refractivity contribution >= 4 is 17.3 Å². The molecule has 7 heteroatoms. The lowest BCUT2D eigenvalue weighted by Gasteiger charge is -2.08. The third-order valence-corrected chi connectivity index (χ3v) is 2.62. The van der Waals surface area contributed by atoms with E-state index in [1.165, 1.54) is 27.5 Å². The molecule has 2 aromatic rings. The number of benzene rings is 1. The van der Waals surface area contributed by atoms with Gasteiger partial charge in [-0.3, -0.25) is 9.36 Å². The minimum absolute atomic E-state index is 0.157. The highest BCUT2D eigenvalue weighted by Gasteiger charge is 2.09. The van der Waals surface area contributed by atoms with Gasteiger partial charge in [-0.15, -0.1) is 0 Å². The van der Waals surface area contributed by atoms with Crippen LogP contribution in [0, 0.1) is 5.82 Å². The predicted octanol–water partition coefficient (Wildman–Crippen LogP) is 0.547. The number of anilines is 2. The zero-order valence-electron chi connectivity index (χ0n) is 10.3.